The molecule has 0 heterocycles. The van der Waals surface area contributed by atoms with E-state index in [0.29, 0.717) is 9.50 Å². The van der Waals surface area contributed by atoms with Gasteiger partial charge in [0.15, 0.2) is 5.78 Å². The van der Waals surface area contributed by atoms with Gasteiger partial charge < -0.3 is 0 Å². The molecule has 2 aromatic carbocycles. The van der Waals surface area contributed by atoms with E-state index < -0.39 is 17.5 Å². The Balaban J connectivity index is 2.49. The van der Waals surface area contributed by atoms with E-state index in [0.717, 1.165) is 0 Å². The minimum absolute atomic E-state index is 0.0446. The van der Waals surface area contributed by atoms with Gasteiger partial charge in [0.1, 0.15) is 11.7 Å². The molecule has 2 rings (SSSR count). The van der Waals surface area contributed by atoms with E-state index in [1.54, 1.807) is 0 Å². The fourth-order valence-corrected chi connectivity index (χ4v) is 2.92. The molecule has 1 unspecified atom stereocenters. The quantitative estimate of drug-likeness (QED) is 0.664. The van der Waals surface area contributed by atoms with E-state index >= 15 is 0 Å². The first kappa shape index (κ1) is 16.0. The highest BCUT2D eigenvalue weighted by Crippen LogP contribution is 2.30. The summed E-state index contributed by atoms with van der Waals surface area (Å²) < 4.78 is 14.5. The zero-order valence-electron chi connectivity index (χ0n) is 10.4. The molecule has 0 N–H and O–H groups in total. The Kier molecular flexibility index (Phi) is 5.00. The van der Waals surface area contributed by atoms with Crippen molar-refractivity contribution in [1.29, 1.82) is 5.26 Å². The molecule has 1 atom stereocenters. The molecular formula is C15H7BrCl2FNO. The summed E-state index contributed by atoms with van der Waals surface area (Å²) in [5.41, 5.74) is 0.210. The number of hydrogen-bond donors (Lipinski definition) is 0. The number of nitriles is 1. The Morgan fingerprint density at radius 1 is 1.29 bits per heavy atom. The highest BCUT2D eigenvalue weighted by atomic mass is 79.9. The first-order chi connectivity index (χ1) is 9.95. The van der Waals surface area contributed by atoms with Crippen LogP contribution in [0, 0.1) is 17.1 Å². The number of halogens is 4. The van der Waals surface area contributed by atoms with Crippen LogP contribution in [0.2, 0.25) is 10.0 Å². The summed E-state index contributed by atoms with van der Waals surface area (Å²) in [6.45, 7) is 0. The number of nitrogens with zero attached hydrogens (tertiary/aromatic N) is 1. The normalized spacial score (nSPS) is 11.8. The molecule has 0 fully saturated rings. The molecule has 0 spiro atoms. The first-order valence-electron chi connectivity index (χ1n) is 5.78. The van der Waals surface area contributed by atoms with Crippen molar-refractivity contribution in [3.63, 3.8) is 0 Å². The minimum Gasteiger partial charge on any atom is -0.292 e. The lowest BCUT2D eigenvalue weighted by Gasteiger charge is -2.12. The third-order valence-electron chi connectivity index (χ3n) is 2.88. The predicted octanol–water partition coefficient (Wildman–Crippen LogP) is 5.39. The highest BCUT2D eigenvalue weighted by Gasteiger charge is 2.27. The lowest BCUT2D eigenvalue weighted by Crippen LogP contribution is -2.13. The summed E-state index contributed by atoms with van der Waals surface area (Å²) in [5.74, 6) is -2.56. The number of hydrogen-bond acceptors (Lipinski definition) is 2. The number of carbonyl (C=O) groups is 1. The second-order valence-corrected chi connectivity index (χ2v) is 5.89. The van der Waals surface area contributed by atoms with Gasteiger partial charge in [0.2, 0.25) is 0 Å². The van der Waals surface area contributed by atoms with E-state index in [1.807, 2.05) is 6.07 Å². The Hall–Kier alpha value is -1.41. The molecular weight excluding hydrogens is 380 g/mol. The third kappa shape index (κ3) is 3.26. The van der Waals surface area contributed by atoms with Crippen molar-refractivity contribution in [2.75, 3.05) is 0 Å². The average molecular weight is 387 g/mol. The van der Waals surface area contributed by atoms with Crippen LogP contribution in [0.25, 0.3) is 0 Å². The summed E-state index contributed by atoms with van der Waals surface area (Å²) in [4.78, 5) is 12.5. The monoisotopic (exact) mass is 385 g/mol. The molecule has 0 saturated carbocycles. The van der Waals surface area contributed by atoms with Gasteiger partial charge in [-0.3, -0.25) is 4.79 Å². The van der Waals surface area contributed by atoms with Gasteiger partial charge in [-0.2, -0.15) is 5.26 Å². The van der Waals surface area contributed by atoms with Gasteiger partial charge in [0.25, 0.3) is 0 Å². The van der Waals surface area contributed by atoms with Gasteiger partial charge >= 0.3 is 0 Å². The van der Waals surface area contributed by atoms with E-state index in [4.69, 9.17) is 23.2 Å². The third-order valence-corrected chi connectivity index (χ3v) is 4.06. The lowest BCUT2D eigenvalue weighted by molar-refractivity contribution is 0.0977. The molecule has 0 saturated heterocycles. The van der Waals surface area contributed by atoms with Crippen molar-refractivity contribution in [2.24, 2.45) is 0 Å². The molecule has 106 valence electrons. The fourth-order valence-electron chi connectivity index (χ4n) is 1.86. The molecule has 0 aliphatic heterocycles. The van der Waals surface area contributed by atoms with Crippen molar-refractivity contribution in [2.45, 2.75) is 5.92 Å². The number of carbonyl (C=O) groups excluding carboxylic acids is 1. The van der Waals surface area contributed by atoms with Gasteiger partial charge in [-0.1, -0.05) is 35.3 Å². The SMILES string of the molecule is N#CC(C(=O)c1ccc(Cl)cc1Br)c1cccc(Cl)c1F. The molecule has 21 heavy (non-hydrogen) atoms. The smallest absolute Gasteiger partial charge is 0.185 e. The van der Waals surface area contributed by atoms with Gasteiger partial charge in [0.05, 0.1) is 11.1 Å². The molecule has 0 bridgehead atoms. The minimum atomic E-state index is -1.28. The standard InChI is InChI=1S/C15H7BrCl2FNO/c16-12-6-8(17)4-5-10(12)15(21)11(7-20)9-2-1-3-13(18)14(9)19/h1-6,11H. The number of Topliss-reactive ketones (excluding diaryl/α,β-unsaturated/α-hetero) is 1. The second kappa shape index (κ2) is 6.57. The summed E-state index contributed by atoms with van der Waals surface area (Å²) in [5, 5.41) is 9.57. The zero-order chi connectivity index (χ0) is 15.6. The molecule has 6 heteroatoms. The van der Waals surface area contributed by atoms with Crippen LogP contribution < -0.4 is 0 Å². The maximum absolute atomic E-state index is 14.0. The van der Waals surface area contributed by atoms with Crippen LogP contribution in [0.4, 0.5) is 4.39 Å². The largest absolute Gasteiger partial charge is 0.292 e. The summed E-state index contributed by atoms with van der Waals surface area (Å²) >= 11 is 14.7. The number of benzene rings is 2. The summed E-state index contributed by atoms with van der Waals surface area (Å²) in [7, 11) is 0. The van der Waals surface area contributed by atoms with Gasteiger partial charge in [0, 0.05) is 20.6 Å². The topological polar surface area (TPSA) is 40.9 Å². The van der Waals surface area contributed by atoms with Crippen molar-refractivity contribution >= 4 is 44.9 Å². The van der Waals surface area contributed by atoms with Crippen LogP contribution in [0.1, 0.15) is 21.8 Å². The van der Waals surface area contributed by atoms with E-state index in [-0.39, 0.29) is 16.1 Å². The van der Waals surface area contributed by atoms with Crippen LogP contribution in [-0.4, -0.2) is 5.78 Å². The average Bonchev–Trinajstić information content (AvgIpc) is 2.44. The Bertz CT molecular complexity index is 758. The van der Waals surface area contributed by atoms with E-state index in [9.17, 15) is 14.4 Å². The Morgan fingerprint density at radius 3 is 2.62 bits per heavy atom. The second-order valence-electron chi connectivity index (χ2n) is 4.19. The van der Waals surface area contributed by atoms with E-state index in [1.165, 1.54) is 36.4 Å². The molecule has 0 aromatic heterocycles. The zero-order valence-corrected chi connectivity index (χ0v) is 13.5. The predicted molar refractivity (Wildman–Crippen MR) is 83.2 cm³/mol. The Morgan fingerprint density at radius 2 is 2.00 bits per heavy atom. The van der Waals surface area contributed by atoms with Gasteiger partial charge in [-0.15, -0.1) is 0 Å². The molecule has 0 radical (unpaired) electrons. The summed E-state index contributed by atoms with van der Waals surface area (Å²) in [6, 6.07) is 10.6. The fraction of sp³-hybridized carbons (Fsp3) is 0.0667. The van der Waals surface area contributed by atoms with Crippen molar-refractivity contribution < 1.29 is 9.18 Å². The number of ketones is 1. The van der Waals surface area contributed by atoms with Crippen LogP contribution in [-0.2, 0) is 0 Å². The molecule has 2 aromatic rings. The molecule has 2 nitrogen and oxygen atoms in total. The first-order valence-corrected chi connectivity index (χ1v) is 7.33. The Labute approximate surface area is 139 Å². The van der Waals surface area contributed by atoms with Crippen molar-refractivity contribution in [3.05, 3.63) is 67.9 Å². The molecule has 0 aliphatic rings. The van der Waals surface area contributed by atoms with Crippen LogP contribution in [0.5, 0.6) is 0 Å². The summed E-state index contributed by atoms with van der Waals surface area (Å²) in [6.07, 6.45) is 0. The maximum Gasteiger partial charge on any atom is 0.185 e. The van der Waals surface area contributed by atoms with Crippen LogP contribution in [0.3, 0.4) is 0 Å². The van der Waals surface area contributed by atoms with Gasteiger partial charge in [-0.25, -0.2) is 4.39 Å². The highest BCUT2D eigenvalue weighted by molar-refractivity contribution is 9.10. The lowest BCUT2D eigenvalue weighted by atomic mass is 9.91. The van der Waals surface area contributed by atoms with Crippen LogP contribution >= 0.6 is 39.1 Å². The van der Waals surface area contributed by atoms with Crippen LogP contribution in [0.15, 0.2) is 40.9 Å². The maximum atomic E-state index is 14.0. The number of rotatable bonds is 3. The van der Waals surface area contributed by atoms with Crippen molar-refractivity contribution in [3.8, 4) is 6.07 Å². The molecule has 0 aliphatic carbocycles. The van der Waals surface area contributed by atoms with E-state index in [2.05, 4.69) is 15.9 Å². The van der Waals surface area contributed by atoms with Crippen molar-refractivity contribution in [1.82, 2.24) is 0 Å². The molecule has 0 amide bonds. The van der Waals surface area contributed by atoms with Gasteiger partial charge in [-0.05, 0) is 40.2 Å².